The Bertz CT molecular complexity index is 662. The van der Waals surface area contributed by atoms with Gasteiger partial charge in [0.15, 0.2) is 0 Å². The van der Waals surface area contributed by atoms with Crippen LogP contribution in [0, 0.1) is 5.92 Å². The topological polar surface area (TPSA) is 58.6 Å². The molecule has 5 heteroatoms. The van der Waals surface area contributed by atoms with Gasteiger partial charge in [-0.3, -0.25) is 9.59 Å². The quantitative estimate of drug-likeness (QED) is 0.863. The molecule has 1 aromatic carbocycles. The molecule has 2 aliphatic carbocycles. The van der Waals surface area contributed by atoms with E-state index in [1.54, 1.807) is 7.11 Å². The highest BCUT2D eigenvalue weighted by molar-refractivity contribution is 5.90. The molecule has 134 valence electrons. The third-order valence-electron chi connectivity index (χ3n) is 5.92. The van der Waals surface area contributed by atoms with E-state index < -0.39 is 0 Å². The first-order valence-corrected chi connectivity index (χ1v) is 9.36. The van der Waals surface area contributed by atoms with Crippen LogP contribution >= 0.6 is 0 Å². The van der Waals surface area contributed by atoms with Crippen molar-refractivity contribution in [3.63, 3.8) is 0 Å². The lowest BCUT2D eigenvalue weighted by atomic mass is 9.95. The van der Waals surface area contributed by atoms with E-state index in [2.05, 4.69) is 17.4 Å². The fourth-order valence-electron chi connectivity index (χ4n) is 3.90. The molecule has 2 amide bonds. The number of methoxy groups -OCH3 is 1. The van der Waals surface area contributed by atoms with Gasteiger partial charge >= 0.3 is 0 Å². The standard InChI is InChI=1S/C20H26N2O3/c1-25-16-8-6-15(7-9-16)20(10-11-20)13-21-18(23)17-3-2-12-22(17)19(24)14-4-5-14/h6-9,14,17H,2-5,10-13H2,1H3,(H,21,23). The number of benzene rings is 1. The minimum absolute atomic E-state index is 0.0197. The number of amides is 2. The number of carbonyl (C=O) groups is 2. The van der Waals surface area contributed by atoms with Crippen LogP contribution in [0.4, 0.5) is 0 Å². The summed E-state index contributed by atoms with van der Waals surface area (Å²) >= 11 is 0. The molecular weight excluding hydrogens is 316 g/mol. The fraction of sp³-hybridized carbons (Fsp3) is 0.600. The molecule has 1 saturated heterocycles. The summed E-state index contributed by atoms with van der Waals surface area (Å²) in [5.74, 6) is 1.24. The Balaban J connectivity index is 1.37. The molecule has 25 heavy (non-hydrogen) atoms. The predicted molar refractivity (Wildman–Crippen MR) is 94.4 cm³/mol. The Kier molecular flexibility index (Phi) is 4.18. The number of ether oxygens (including phenoxy) is 1. The lowest BCUT2D eigenvalue weighted by Crippen LogP contribution is -2.48. The maximum absolute atomic E-state index is 12.7. The molecule has 1 aromatic rings. The SMILES string of the molecule is COc1ccc(C2(CNC(=O)C3CCCN3C(=O)C3CC3)CC2)cc1. The average Bonchev–Trinajstić information content (AvgIpc) is 3.57. The van der Waals surface area contributed by atoms with E-state index in [-0.39, 0.29) is 29.2 Å². The molecule has 0 radical (unpaired) electrons. The van der Waals surface area contributed by atoms with Crippen molar-refractivity contribution in [1.29, 1.82) is 0 Å². The second-order valence-corrected chi connectivity index (χ2v) is 7.69. The van der Waals surface area contributed by atoms with Crippen LogP contribution in [0.5, 0.6) is 5.75 Å². The summed E-state index contributed by atoms with van der Waals surface area (Å²) in [5, 5.41) is 3.13. The molecule has 3 aliphatic rings. The van der Waals surface area contributed by atoms with Crippen molar-refractivity contribution in [2.75, 3.05) is 20.2 Å². The Morgan fingerprint density at radius 2 is 1.92 bits per heavy atom. The summed E-state index contributed by atoms with van der Waals surface area (Å²) in [4.78, 5) is 26.9. The molecule has 0 spiro atoms. The summed E-state index contributed by atoms with van der Waals surface area (Å²) in [6, 6.07) is 7.88. The molecular formula is C20H26N2O3. The molecule has 1 heterocycles. The van der Waals surface area contributed by atoms with E-state index in [9.17, 15) is 9.59 Å². The van der Waals surface area contributed by atoms with Crippen LogP contribution in [0.15, 0.2) is 24.3 Å². The first-order chi connectivity index (χ1) is 12.1. The Morgan fingerprint density at radius 1 is 1.20 bits per heavy atom. The van der Waals surface area contributed by atoms with Crippen molar-refractivity contribution in [3.8, 4) is 5.75 Å². The number of carbonyl (C=O) groups excluding carboxylic acids is 2. The zero-order valence-electron chi connectivity index (χ0n) is 14.8. The van der Waals surface area contributed by atoms with Gasteiger partial charge in [-0.15, -0.1) is 0 Å². The maximum atomic E-state index is 12.7. The van der Waals surface area contributed by atoms with Gasteiger partial charge in [0.25, 0.3) is 0 Å². The number of nitrogens with one attached hydrogen (secondary N) is 1. The molecule has 4 rings (SSSR count). The van der Waals surface area contributed by atoms with Crippen molar-refractivity contribution in [1.82, 2.24) is 10.2 Å². The van der Waals surface area contributed by atoms with Crippen molar-refractivity contribution in [2.45, 2.75) is 50.0 Å². The highest BCUT2D eigenvalue weighted by Gasteiger charge is 2.46. The fourth-order valence-corrected chi connectivity index (χ4v) is 3.90. The van der Waals surface area contributed by atoms with Crippen LogP contribution in [0.1, 0.15) is 44.1 Å². The summed E-state index contributed by atoms with van der Waals surface area (Å²) in [6.07, 6.45) is 5.89. The van der Waals surface area contributed by atoms with Crippen LogP contribution in [0.3, 0.4) is 0 Å². The van der Waals surface area contributed by atoms with Gasteiger partial charge in [0.2, 0.25) is 11.8 Å². The number of nitrogens with zero attached hydrogens (tertiary/aromatic N) is 1. The van der Waals surface area contributed by atoms with Gasteiger partial charge in [0.05, 0.1) is 7.11 Å². The second-order valence-electron chi connectivity index (χ2n) is 7.69. The lowest BCUT2D eigenvalue weighted by molar-refractivity contribution is -0.139. The maximum Gasteiger partial charge on any atom is 0.242 e. The predicted octanol–water partition coefficient (Wildman–Crippen LogP) is 2.24. The van der Waals surface area contributed by atoms with Crippen LogP contribution < -0.4 is 10.1 Å². The third-order valence-corrected chi connectivity index (χ3v) is 5.92. The normalized spacial score (nSPS) is 24.0. The first-order valence-electron chi connectivity index (χ1n) is 9.36. The molecule has 0 aromatic heterocycles. The molecule has 1 atom stereocenters. The summed E-state index contributed by atoms with van der Waals surface area (Å²) in [6.45, 7) is 1.39. The van der Waals surface area contributed by atoms with Crippen molar-refractivity contribution < 1.29 is 14.3 Å². The van der Waals surface area contributed by atoms with Crippen LogP contribution in [0.25, 0.3) is 0 Å². The number of likely N-dealkylation sites (tertiary alicyclic amines) is 1. The highest BCUT2D eigenvalue weighted by Crippen LogP contribution is 2.48. The van der Waals surface area contributed by atoms with Crippen molar-refractivity contribution in [2.24, 2.45) is 5.92 Å². The molecule has 1 aliphatic heterocycles. The molecule has 2 saturated carbocycles. The molecule has 1 unspecified atom stereocenters. The van der Waals surface area contributed by atoms with Crippen molar-refractivity contribution >= 4 is 11.8 Å². The van der Waals surface area contributed by atoms with E-state index in [4.69, 9.17) is 4.74 Å². The summed E-state index contributed by atoms with van der Waals surface area (Å²) in [5.41, 5.74) is 1.32. The van der Waals surface area contributed by atoms with Gasteiger partial charge in [-0.1, -0.05) is 12.1 Å². The van der Waals surface area contributed by atoms with E-state index >= 15 is 0 Å². The van der Waals surface area contributed by atoms with Gasteiger partial charge in [-0.05, 0) is 56.2 Å². The smallest absolute Gasteiger partial charge is 0.242 e. The summed E-state index contributed by atoms with van der Waals surface area (Å²) in [7, 11) is 1.67. The van der Waals surface area contributed by atoms with Gasteiger partial charge in [0.1, 0.15) is 11.8 Å². The second kappa shape index (κ2) is 6.36. The van der Waals surface area contributed by atoms with E-state index in [1.165, 1.54) is 5.56 Å². The lowest BCUT2D eigenvalue weighted by Gasteiger charge is -2.25. The molecule has 5 nitrogen and oxygen atoms in total. The minimum atomic E-state index is -0.264. The monoisotopic (exact) mass is 342 g/mol. The van der Waals surface area contributed by atoms with E-state index in [1.807, 2.05) is 17.0 Å². The third kappa shape index (κ3) is 3.24. The molecule has 3 fully saturated rings. The van der Waals surface area contributed by atoms with Gasteiger partial charge in [-0.2, -0.15) is 0 Å². The highest BCUT2D eigenvalue weighted by atomic mass is 16.5. The van der Waals surface area contributed by atoms with Crippen LogP contribution in [-0.2, 0) is 15.0 Å². The Hall–Kier alpha value is -2.04. The first kappa shape index (κ1) is 16.4. The molecule has 1 N–H and O–H groups in total. The zero-order valence-corrected chi connectivity index (χ0v) is 14.8. The summed E-state index contributed by atoms with van der Waals surface area (Å²) < 4.78 is 5.22. The van der Waals surface area contributed by atoms with E-state index in [0.717, 1.165) is 50.8 Å². The minimum Gasteiger partial charge on any atom is -0.497 e. The number of rotatable bonds is 6. The van der Waals surface area contributed by atoms with Gasteiger partial charge < -0.3 is 15.0 Å². The number of hydrogen-bond donors (Lipinski definition) is 1. The van der Waals surface area contributed by atoms with E-state index in [0.29, 0.717) is 6.54 Å². The molecule has 0 bridgehead atoms. The van der Waals surface area contributed by atoms with Crippen LogP contribution in [-0.4, -0.2) is 43.0 Å². The van der Waals surface area contributed by atoms with Crippen molar-refractivity contribution in [3.05, 3.63) is 29.8 Å². The largest absolute Gasteiger partial charge is 0.497 e. The average molecular weight is 342 g/mol. The Labute approximate surface area is 148 Å². The number of hydrogen-bond acceptors (Lipinski definition) is 3. The van der Waals surface area contributed by atoms with Gasteiger partial charge in [0, 0.05) is 24.4 Å². The van der Waals surface area contributed by atoms with Gasteiger partial charge in [-0.25, -0.2) is 0 Å². The Morgan fingerprint density at radius 3 is 2.52 bits per heavy atom. The van der Waals surface area contributed by atoms with Crippen LogP contribution in [0.2, 0.25) is 0 Å². The zero-order chi connectivity index (χ0) is 17.4.